The van der Waals surface area contributed by atoms with Crippen LogP contribution in [0.1, 0.15) is 20.3 Å². The molecule has 70 valence electrons. The number of ether oxygens (including phenoxy) is 1. The summed E-state index contributed by atoms with van der Waals surface area (Å²) in [6, 6.07) is 2.85. The van der Waals surface area contributed by atoms with Crippen LogP contribution in [0.4, 0.5) is 0 Å². The summed E-state index contributed by atoms with van der Waals surface area (Å²) in [5.41, 5.74) is 0. The molecule has 0 aromatic rings. The molecule has 0 saturated carbocycles. The largest absolute Gasteiger partial charge is 0.383 e. The first-order valence-electron chi connectivity index (χ1n) is 4.21. The lowest BCUT2D eigenvalue weighted by molar-refractivity contribution is 0.0912. The summed E-state index contributed by atoms with van der Waals surface area (Å²) in [7, 11) is 3.68. The maximum atomic E-state index is 8.56. The van der Waals surface area contributed by atoms with E-state index in [1.54, 1.807) is 7.11 Å². The van der Waals surface area contributed by atoms with Crippen molar-refractivity contribution in [1.82, 2.24) is 4.90 Å². The predicted molar refractivity (Wildman–Crippen MR) is 48.8 cm³/mol. The Morgan fingerprint density at radius 3 is 2.42 bits per heavy atom. The standard InChI is InChI=1S/C9H18N2O/c1-8(2)11(3)9(5-6-10)7-12-4/h8-9H,5,7H2,1-4H3. The van der Waals surface area contributed by atoms with Crippen molar-refractivity contribution in [3.8, 4) is 6.07 Å². The van der Waals surface area contributed by atoms with Crippen LogP contribution in [0.3, 0.4) is 0 Å². The Labute approximate surface area is 74.9 Å². The van der Waals surface area contributed by atoms with Crippen molar-refractivity contribution >= 4 is 0 Å². The smallest absolute Gasteiger partial charge is 0.0639 e. The number of likely N-dealkylation sites (N-methyl/N-ethyl adjacent to an activating group) is 1. The number of hydrogen-bond donors (Lipinski definition) is 0. The first-order chi connectivity index (χ1) is 5.63. The lowest BCUT2D eigenvalue weighted by atomic mass is 10.2. The fourth-order valence-electron chi connectivity index (χ4n) is 1.04. The Hall–Kier alpha value is -0.590. The number of nitrogens with zero attached hydrogens (tertiary/aromatic N) is 2. The van der Waals surface area contributed by atoms with Gasteiger partial charge in [0.05, 0.1) is 19.1 Å². The highest BCUT2D eigenvalue weighted by molar-refractivity contribution is 4.82. The molecule has 0 aromatic heterocycles. The molecule has 0 N–H and O–H groups in total. The minimum atomic E-state index is 0.222. The lowest BCUT2D eigenvalue weighted by Crippen LogP contribution is -2.39. The molecule has 0 aliphatic rings. The van der Waals surface area contributed by atoms with Crippen LogP contribution in [0, 0.1) is 11.3 Å². The first kappa shape index (κ1) is 11.4. The molecule has 1 atom stereocenters. The molecule has 12 heavy (non-hydrogen) atoms. The molecule has 0 saturated heterocycles. The van der Waals surface area contributed by atoms with Crippen molar-refractivity contribution < 1.29 is 4.74 Å². The van der Waals surface area contributed by atoms with Crippen molar-refractivity contribution in [2.75, 3.05) is 20.8 Å². The Balaban J connectivity index is 4.00. The summed E-state index contributed by atoms with van der Waals surface area (Å²) in [5, 5.41) is 8.56. The van der Waals surface area contributed by atoms with Gasteiger partial charge in [-0.25, -0.2) is 0 Å². The molecule has 0 aliphatic carbocycles. The summed E-state index contributed by atoms with van der Waals surface area (Å²) in [5.74, 6) is 0. The molecule has 0 spiro atoms. The molecular weight excluding hydrogens is 152 g/mol. The molecule has 1 unspecified atom stereocenters. The van der Waals surface area contributed by atoms with Gasteiger partial charge < -0.3 is 4.74 Å². The van der Waals surface area contributed by atoms with Gasteiger partial charge in [-0.2, -0.15) is 5.26 Å². The third-order valence-corrected chi connectivity index (χ3v) is 2.08. The van der Waals surface area contributed by atoms with Gasteiger partial charge in [0, 0.05) is 19.2 Å². The van der Waals surface area contributed by atoms with Crippen LogP contribution in [-0.4, -0.2) is 37.7 Å². The first-order valence-corrected chi connectivity index (χ1v) is 4.21. The molecule has 0 bridgehead atoms. The van der Waals surface area contributed by atoms with Gasteiger partial charge >= 0.3 is 0 Å². The highest BCUT2D eigenvalue weighted by Gasteiger charge is 2.16. The van der Waals surface area contributed by atoms with E-state index in [0.717, 1.165) is 0 Å². The molecule has 0 aliphatic heterocycles. The summed E-state index contributed by atoms with van der Waals surface area (Å²) >= 11 is 0. The molecule has 0 amide bonds. The van der Waals surface area contributed by atoms with Crippen LogP contribution < -0.4 is 0 Å². The zero-order valence-corrected chi connectivity index (χ0v) is 8.37. The topological polar surface area (TPSA) is 36.3 Å². The second-order valence-electron chi connectivity index (χ2n) is 3.23. The Morgan fingerprint density at radius 1 is 1.50 bits per heavy atom. The molecule has 0 heterocycles. The number of methoxy groups -OCH3 is 1. The van der Waals surface area contributed by atoms with Gasteiger partial charge in [0.2, 0.25) is 0 Å². The Morgan fingerprint density at radius 2 is 2.08 bits per heavy atom. The van der Waals surface area contributed by atoms with Gasteiger partial charge in [-0.1, -0.05) is 0 Å². The van der Waals surface area contributed by atoms with E-state index in [0.29, 0.717) is 19.1 Å². The third-order valence-electron chi connectivity index (χ3n) is 2.08. The van der Waals surface area contributed by atoms with E-state index >= 15 is 0 Å². The highest BCUT2D eigenvalue weighted by atomic mass is 16.5. The molecule has 3 nitrogen and oxygen atoms in total. The van der Waals surface area contributed by atoms with Gasteiger partial charge in [0.1, 0.15) is 0 Å². The van der Waals surface area contributed by atoms with Gasteiger partial charge in [0.25, 0.3) is 0 Å². The summed E-state index contributed by atoms with van der Waals surface area (Å²) < 4.78 is 5.04. The zero-order valence-electron chi connectivity index (χ0n) is 8.37. The maximum absolute atomic E-state index is 8.56. The van der Waals surface area contributed by atoms with Gasteiger partial charge in [-0.05, 0) is 20.9 Å². The van der Waals surface area contributed by atoms with Gasteiger partial charge in [-0.3, -0.25) is 4.90 Å². The molecular formula is C9H18N2O. The summed E-state index contributed by atoms with van der Waals surface area (Å²) in [6.07, 6.45) is 0.530. The molecule has 3 heteroatoms. The van der Waals surface area contributed by atoms with Crippen LogP contribution in [0.2, 0.25) is 0 Å². The third kappa shape index (κ3) is 3.70. The maximum Gasteiger partial charge on any atom is 0.0639 e. The number of hydrogen-bond acceptors (Lipinski definition) is 3. The highest BCUT2D eigenvalue weighted by Crippen LogP contribution is 2.05. The fraction of sp³-hybridized carbons (Fsp3) is 0.889. The van der Waals surface area contributed by atoms with Crippen LogP contribution in [0.15, 0.2) is 0 Å². The predicted octanol–water partition coefficient (Wildman–Crippen LogP) is 1.26. The van der Waals surface area contributed by atoms with Gasteiger partial charge in [-0.15, -0.1) is 0 Å². The Bertz CT molecular complexity index is 151. The quantitative estimate of drug-likeness (QED) is 0.623. The molecule has 0 rings (SSSR count). The average molecular weight is 170 g/mol. The van der Waals surface area contributed by atoms with E-state index in [1.165, 1.54) is 0 Å². The van der Waals surface area contributed by atoms with Crippen LogP contribution in [0.25, 0.3) is 0 Å². The van der Waals surface area contributed by atoms with E-state index in [4.69, 9.17) is 10.00 Å². The van der Waals surface area contributed by atoms with E-state index in [-0.39, 0.29) is 6.04 Å². The van der Waals surface area contributed by atoms with E-state index in [1.807, 2.05) is 7.05 Å². The zero-order chi connectivity index (χ0) is 9.56. The van der Waals surface area contributed by atoms with Crippen molar-refractivity contribution in [3.63, 3.8) is 0 Å². The van der Waals surface area contributed by atoms with Crippen molar-refractivity contribution in [3.05, 3.63) is 0 Å². The van der Waals surface area contributed by atoms with Crippen LogP contribution in [0.5, 0.6) is 0 Å². The van der Waals surface area contributed by atoms with Crippen molar-refractivity contribution in [1.29, 1.82) is 5.26 Å². The SMILES string of the molecule is COCC(CC#N)N(C)C(C)C. The normalized spacial score (nSPS) is 13.4. The van der Waals surface area contributed by atoms with Crippen LogP contribution >= 0.6 is 0 Å². The van der Waals surface area contributed by atoms with E-state index in [9.17, 15) is 0 Å². The summed E-state index contributed by atoms with van der Waals surface area (Å²) in [4.78, 5) is 2.16. The molecule has 0 aromatic carbocycles. The summed E-state index contributed by atoms with van der Waals surface area (Å²) in [6.45, 7) is 4.85. The second-order valence-corrected chi connectivity index (χ2v) is 3.23. The van der Waals surface area contributed by atoms with Crippen molar-refractivity contribution in [2.24, 2.45) is 0 Å². The number of nitriles is 1. The van der Waals surface area contributed by atoms with Crippen molar-refractivity contribution in [2.45, 2.75) is 32.4 Å². The minimum Gasteiger partial charge on any atom is -0.383 e. The average Bonchev–Trinajstić information content (AvgIpc) is 2.03. The lowest BCUT2D eigenvalue weighted by Gasteiger charge is -2.28. The number of rotatable bonds is 5. The monoisotopic (exact) mass is 170 g/mol. The fourth-order valence-corrected chi connectivity index (χ4v) is 1.04. The second kappa shape index (κ2) is 5.99. The van der Waals surface area contributed by atoms with Gasteiger partial charge in [0.15, 0.2) is 0 Å². The molecule has 0 radical (unpaired) electrons. The minimum absolute atomic E-state index is 0.222. The van der Waals surface area contributed by atoms with Crippen LogP contribution in [-0.2, 0) is 4.74 Å². The van der Waals surface area contributed by atoms with E-state index < -0.39 is 0 Å². The Kier molecular flexibility index (Phi) is 5.69. The molecule has 0 fully saturated rings. The van der Waals surface area contributed by atoms with E-state index in [2.05, 4.69) is 24.8 Å².